The molecule has 7 heteroatoms. The van der Waals surface area contributed by atoms with E-state index >= 15 is 0 Å². The average Bonchev–Trinajstić information content (AvgIpc) is 3.19. The van der Waals surface area contributed by atoms with Gasteiger partial charge in [0.1, 0.15) is 0 Å². The van der Waals surface area contributed by atoms with E-state index in [1.807, 2.05) is 0 Å². The van der Waals surface area contributed by atoms with Crippen LogP contribution in [0.5, 0.6) is 0 Å². The molecule has 0 spiro atoms. The van der Waals surface area contributed by atoms with Crippen LogP contribution in [0.2, 0.25) is 0 Å². The Labute approximate surface area is 121 Å². The first-order valence-electron chi connectivity index (χ1n) is 6.46. The molecule has 1 aromatic carbocycles. The predicted octanol–water partition coefficient (Wildman–Crippen LogP) is 0.311. The molecular formula is C13H19NO4S2. The summed E-state index contributed by atoms with van der Waals surface area (Å²) in [6, 6.07) is 6.46. The summed E-state index contributed by atoms with van der Waals surface area (Å²) in [6.07, 6.45) is 2.75. The second-order valence-corrected chi connectivity index (χ2v) is 8.60. The van der Waals surface area contributed by atoms with Crippen LogP contribution < -0.4 is 5.32 Å². The number of hydrogen-bond donors (Lipinski definition) is 2. The standard InChI is InChI=1S/C13H19NO4S2/c1-20(17,18)13-6-4-12(5-7-13)19(16)9-11(15)8-14-10-2-3-10/h4-7,10-11,14-15H,2-3,8-9H2,1H3. The molecule has 1 fully saturated rings. The number of aliphatic hydroxyl groups excluding tert-OH is 1. The van der Waals surface area contributed by atoms with Gasteiger partial charge in [0.25, 0.3) is 0 Å². The highest BCUT2D eigenvalue weighted by Crippen LogP contribution is 2.18. The van der Waals surface area contributed by atoms with Crippen LogP contribution in [-0.2, 0) is 20.6 Å². The third kappa shape index (κ3) is 4.66. The largest absolute Gasteiger partial charge is 0.391 e. The fourth-order valence-electron chi connectivity index (χ4n) is 1.76. The van der Waals surface area contributed by atoms with Gasteiger partial charge in [-0.3, -0.25) is 4.21 Å². The molecule has 0 saturated heterocycles. The summed E-state index contributed by atoms with van der Waals surface area (Å²) in [6.45, 7) is 0.442. The molecule has 2 N–H and O–H groups in total. The quantitative estimate of drug-likeness (QED) is 0.756. The minimum absolute atomic E-state index is 0.151. The molecule has 1 aliphatic carbocycles. The molecule has 2 unspecified atom stereocenters. The van der Waals surface area contributed by atoms with E-state index in [2.05, 4.69) is 5.32 Å². The number of benzene rings is 1. The van der Waals surface area contributed by atoms with Gasteiger partial charge in [-0.25, -0.2) is 8.42 Å². The van der Waals surface area contributed by atoms with Crippen molar-refractivity contribution in [1.29, 1.82) is 0 Å². The molecule has 1 aliphatic rings. The van der Waals surface area contributed by atoms with E-state index < -0.39 is 26.7 Å². The fourth-order valence-corrected chi connectivity index (χ4v) is 3.49. The van der Waals surface area contributed by atoms with Gasteiger partial charge in [0.2, 0.25) is 0 Å². The van der Waals surface area contributed by atoms with Crippen molar-refractivity contribution >= 4 is 20.6 Å². The molecule has 0 aromatic heterocycles. The van der Waals surface area contributed by atoms with Gasteiger partial charge >= 0.3 is 0 Å². The van der Waals surface area contributed by atoms with Crippen molar-refractivity contribution < 1.29 is 17.7 Å². The van der Waals surface area contributed by atoms with Crippen LogP contribution in [0.1, 0.15) is 12.8 Å². The summed E-state index contributed by atoms with van der Waals surface area (Å²) in [5.41, 5.74) is 0. The Morgan fingerprint density at radius 3 is 2.45 bits per heavy atom. The lowest BCUT2D eigenvalue weighted by molar-refractivity contribution is 0.194. The maximum Gasteiger partial charge on any atom is 0.175 e. The van der Waals surface area contributed by atoms with Gasteiger partial charge in [-0.2, -0.15) is 0 Å². The van der Waals surface area contributed by atoms with Crippen molar-refractivity contribution in [1.82, 2.24) is 5.32 Å². The number of nitrogens with one attached hydrogen (secondary N) is 1. The summed E-state index contributed by atoms with van der Waals surface area (Å²) in [5, 5.41) is 13.0. The maximum absolute atomic E-state index is 12.1. The van der Waals surface area contributed by atoms with Crippen molar-refractivity contribution in [3.8, 4) is 0 Å². The van der Waals surface area contributed by atoms with Crippen LogP contribution in [0.4, 0.5) is 0 Å². The average molecular weight is 317 g/mol. The van der Waals surface area contributed by atoms with E-state index in [0.29, 0.717) is 17.5 Å². The van der Waals surface area contributed by atoms with Gasteiger partial charge in [0.05, 0.1) is 27.6 Å². The first-order valence-corrected chi connectivity index (χ1v) is 9.67. The van der Waals surface area contributed by atoms with Gasteiger partial charge in [0.15, 0.2) is 9.84 Å². The minimum Gasteiger partial charge on any atom is -0.391 e. The number of hydrogen-bond acceptors (Lipinski definition) is 5. The van der Waals surface area contributed by atoms with E-state index in [4.69, 9.17) is 0 Å². The number of aliphatic hydroxyl groups is 1. The maximum atomic E-state index is 12.1. The SMILES string of the molecule is CS(=O)(=O)c1ccc(S(=O)CC(O)CNC2CC2)cc1. The summed E-state index contributed by atoms with van der Waals surface area (Å²) < 4.78 is 34.7. The zero-order chi connectivity index (χ0) is 14.8. The Balaban J connectivity index is 1.91. The lowest BCUT2D eigenvalue weighted by Gasteiger charge is -2.11. The van der Waals surface area contributed by atoms with Crippen LogP contribution in [0.3, 0.4) is 0 Å². The fraction of sp³-hybridized carbons (Fsp3) is 0.538. The molecule has 0 aliphatic heterocycles. The first kappa shape index (κ1) is 15.6. The molecule has 0 heterocycles. The highest BCUT2D eigenvalue weighted by molar-refractivity contribution is 7.90. The van der Waals surface area contributed by atoms with E-state index in [9.17, 15) is 17.7 Å². The van der Waals surface area contributed by atoms with Crippen molar-refractivity contribution in [2.24, 2.45) is 0 Å². The van der Waals surface area contributed by atoms with Gasteiger partial charge in [-0.15, -0.1) is 0 Å². The zero-order valence-electron chi connectivity index (χ0n) is 11.3. The Bertz CT molecular complexity index is 579. The van der Waals surface area contributed by atoms with E-state index in [0.717, 1.165) is 19.1 Å². The second-order valence-electron chi connectivity index (χ2n) is 5.09. The molecule has 20 heavy (non-hydrogen) atoms. The smallest absolute Gasteiger partial charge is 0.175 e. The van der Waals surface area contributed by atoms with E-state index in [1.165, 1.54) is 24.3 Å². The molecule has 112 valence electrons. The third-order valence-corrected chi connectivity index (χ3v) is 5.69. The van der Waals surface area contributed by atoms with Crippen molar-refractivity contribution in [3.05, 3.63) is 24.3 Å². The third-order valence-electron chi connectivity index (χ3n) is 3.08. The molecule has 0 radical (unpaired) electrons. The zero-order valence-corrected chi connectivity index (χ0v) is 12.9. The first-order chi connectivity index (χ1) is 9.36. The lowest BCUT2D eigenvalue weighted by atomic mass is 10.4. The molecule has 1 aromatic rings. The molecular weight excluding hydrogens is 298 g/mol. The minimum atomic E-state index is -3.24. The van der Waals surface area contributed by atoms with Crippen LogP contribution >= 0.6 is 0 Å². The van der Waals surface area contributed by atoms with E-state index in [-0.39, 0.29) is 10.6 Å². The van der Waals surface area contributed by atoms with E-state index in [1.54, 1.807) is 0 Å². The summed E-state index contributed by atoms with van der Waals surface area (Å²) >= 11 is 0. The monoisotopic (exact) mass is 317 g/mol. The Morgan fingerprint density at radius 1 is 1.35 bits per heavy atom. The lowest BCUT2D eigenvalue weighted by Crippen LogP contribution is -2.32. The summed E-state index contributed by atoms with van der Waals surface area (Å²) in [7, 11) is -4.57. The summed E-state index contributed by atoms with van der Waals surface area (Å²) in [5.74, 6) is 0.151. The normalized spacial score (nSPS) is 18.7. The van der Waals surface area contributed by atoms with Crippen molar-refractivity contribution in [3.63, 3.8) is 0 Å². The van der Waals surface area contributed by atoms with Crippen LogP contribution in [0.25, 0.3) is 0 Å². The molecule has 2 atom stereocenters. The Kier molecular flexibility index (Phi) is 4.95. The molecule has 2 rings (SSSR count). The Hall–Kier alpha value is -0.760. The van der Waals surface area contributed by atoms with Gasteiger partial charge in [-0.05, 0) is 37.1 Å². The van der Waals surface area contributed by atoms with Crippen LogP contribution in [0, 0.1) is 0 Å². The van der Waals surface area contributed by atoms with Gasteiger partial charge in [-0.1, -0.05) is 0 Å². The predicted molar refractivity (Wildman–Crippen MR) is 77.9 cm³/mol. The molecule has 1 saturated carbocycles. The highest BCUT2D eigenvalue weighted by Gasteiger charge is 2.22. The van der Waals surface area contributed by atoms with Gasteiger partial charge < -0.3 is 10.4 Å². The molecule has 0 amide bonds. The molecule has 5 nitrogen and oxygen atoms in total. The summed E-state index contributed by atoms with van der Waals surface area (Å²) in [4.78, 5) is 0.733. The highest BCUT2D eigenvalue weighted by atomic mass is 32.2. The van der Waals surface area contributed by atoms with Crippen molar-refractivity contribution in [2.75, 3.05) is 18.6 Å². The number of sulfone groups is 1. The second kappa shape index (κ2) is 6.34. The topological polar surface area (TPSA) is 83.5 Å². The number of rotatable bonds is 7. The van der Waals surface area contributed by atoms with Crippen LogP contribution in [0.15, 0.2) is 34.1 Å². The van der Waals surface area contributed by atoms with Crippen LogP contribution in [-0.4, -0.2) is 48.4 Å². The molecule has 0 bridgehead atoms. The Morgan fingerprint density at radius 2 is 1.95 bits per heavy atom. The van der Waals surface area contributed by atoms with Crippen molar-refractivity contribution in [2.45, 2.75) is 34.8 Å². The van der Waals surface area contributed by atoms with Gasteiger partial charge in [0, 0.05) is 23.7 Å².